The van der Waals surface area contributed by atoms with Crippen molar-refractivity contribution in [3.63, 3.8) is 0 Å². The van der Waals surface area contributed by atoms with Crippen molar-refractivity contribution in [1.29, 1.82) is 0 Å². The monoisotopic (exact) mass is 479 g/mol. The highest BCUT2D eigenvalue weighted by molar-refractivity contribution is 6.35. The van der Waals surface area contributed by atoms with Crippen molar-refractivity contribution in [1.82, 2.24) is 9.80 Å². The molecule has 2 aromatic carbocycles. The fourth-order valence-electron chi connectivity index (χ4n) is 4.64. The van der Waals surface area contributed by atoms with Gasteiger partial charge in [-0.1, -0.05) is 46.9 Å². The lowest BCUT2D eigenvalue weighted by Gasteiger charge is -2.40. The molecule has 2 fully saturated rings. The maximum atomic E-state index is 13.2. The van der Waals surface area contributed by atoms with Gasteiger partial charge in [-0.3, -0.25) is 9.69 Å². The topological polar surface area (TPSA) is 26.8 Å². The summed E-state index contributed by atoms with van der Waals surface area (Å²) in [5.74, 6) is 0.341. The van der Waals surface area contributed by atoms with Crippen LogP contribution in [0.15, 0.2) is 36.4 Å². The number of anilines is 1. The lowest BCUT2D eigenvalue weighted by Crippen LogP contribution is -2.52. The molecule has 1 amide bonds. The van der Waals surface area contributed by atoms with Gasteiger partial charge in [0, 0.05) is 60.0 Å². The van der Waals surface area contributed by atoms with E-state index in [1.807, 2.05) is 29.2 Å². The van der Waals surface area contributed by atoms with Crippen LogP contribution in [0.4, 0.5) is 5.69 Å². The molecule has 0 saturated carbocycles. The van der Waals surface area contributed by atoms with Crippen molar-refractivity contribution in [2.75, 3.05) is 44.2 Å². The molecular formula is C24H28Cl3N3O. The summed E-state index contributed by atoms with van der Waals surface area (Å²) in [5, 5.41) is 2.09. The maximum absolute atomic E-state index is 13.2. The third-order valence-corrected chi connectivity index (χ3v) is 7.19. The van der Waals surface area contributed by atoms with Crippen LogP contribution in [0.3, 0.4) is 0 Å². The summed E-state index contributed by atoms with van der Waals surface area (Å²) in [6.45, 7) is 7.81. The van der Waals surface area contributed by atoms with E-state index >= 15 is 0 Å². The Morgan fingerprint density at radius 2 is 1.68 bits per heavy atom. The molecule has 2 aromatic rings. The molecular weight excluding hydrogens is 453 g/mol. The lowest BCUT2D eigenvalue weighted by molar-refractivity contribution is -0.137. The van der Waals surface area contributed by atoms with Crippen molar-refractivity contribution in [2.45, 2.75) is 26.3 Å². The predicted molar refractivity (Wildman–Crippen MR) is 129 cm³/mol. The normalized spacial score (nSPS) is 20.2. The predicted octanol–water partition coefficient (Wildman–Crippen LogP) is 5.52. The summed E-state index contributed by atoms with van der Waals surface area (Å²) in [4.78, 5) is 20.0. The quantitative estimate of drug-likeness (QED) is 0.577. The molecule has 2 aliphatic rings. The second kappa shape index (κ2) is 9.99. The molecule has 0 spiro atoms. The Bertz CT molecular complexity index is 944. The van der Waals surface area contributed by atoms with Gasteiger partial charge in [0.2, 0.25) is 5.91 Å². The van der Waals surface area contributed by atoms with Crippen LogP contribution in [0, 0.1) is 12.8 Å². The van der Waals surface area contributed by atoms with Crippen LogP contribution in [-0.2, 0) is 11.3 Å². The van der Waals surface area contributed by atoms with Gasteiger partial charge in [-0.05, 0) is 61.7 Å². The Balaban J connectivity index is 1.33. The SMILES string of the molecule is Cc1ccc(Cl)cc1N1CCN(C(=O)C2CCCN(Cc3ccc(Cl)cc3Cl)C2)CC1. The first-order valence-corrected chi connectivity index (χ1v) is 12.0. The van der Waals surface area contributed by atoms with E-state index in [1.165, 1.54) is 11.3 Å². The summed E-state index contributed by atoms with van der Waals surface area (Å²) >= 11 is 18.6. The third-order valence-electron chi connectivity index (χ3n) is 6.37. The van der Waals surface area contributed by atoms with Crippen molar-refractivity contribution in [2.24, 2.45) is 5.92 Å². The van der Waals surface area contributed by atoms with Crippen LogP contribution in [0.2, 0.25) is 15.1 Å². The Hall–Kier alpha value is -1.46. The van der Waals surface area contributed by atoms with Crippen LogP contribution >= 0.6 is 34.8 Å². The zero-order valence-electron chi connectivity index (χ0n) is 17.8. The van der Waals surface area contributed by atoms with Crippen molar-refractivity contribution in [3.05, 3.63) is 62.6 Å². The van der Waals surface area contributed by atoms with E-state index in [9.17, 15) is 4.79 Å². The lowest BCUT2D eigenvalue weighted by atomic mass is 9.95. The molecule has 2 aliphatic heterocycles. The van der Waals surface area contributed by atoms with Gasteiger partial charge in [0.25, 0.3) is 0 Å². The number of carbonyl (C=O) groups excluding carboxylic acids is 1. The number of amides is 1. The molecule has 1 unspecified atom stereocenters. The van der Waals surface area contributed by atoms with Crippen LogP contribution in [0.1, 0.15) is 24.0 Å². The fraction of sp³-hybridized carbons (Fsp3) is 0.458. The maximum Gasteiger partial charge on any atom is 0.227 e. The molecule has 0 radical (unpaired) electrons. The Labute approximate surface area is 199 Å². The second-order valence-corrected chi connectivity index (χ2v) is 9.83. The largest absolute Gasteiger partial charge is 0.368 e. The molecule has 0 bridgehead atoms. The van der Waals surface area contributed by atoms with E-state index < -0.39 is 0 Å². The molecule has 0 aromatic heterocycles. The summed E-state index contributed by atoms with van der Waals surface area (Å²) in [6, 6.07) is 11.6. The van der Waals surface area contributed by atoms with Crippen LogP contribution in [0.25, 0.3) is 0 Å². The van der Waals surface area contributed by atoms with E-state index in [4.69, 9.17) is 34.8 Å². The number of hydrogen-bond donors (Lipinski definition) is 0. The highest BCUT2D eigenvalue weighted by Crippen LogP contribution is 2.28. The molecule has 31 heavy (non-hydrogen) atoms. The molecule has 4 nitrogen and oxygen atoms in total. The highest BCUT2D eigenvalue weighted by atomic mass is 35.5. The van der Waals surface area contributed by atoms with E-state index in [0.717, 1.165) is 69.2 Å². The zero-order valence-corrected chi connectivity index (χ0v) is 20.1. The second-order valence-electron chi connectivity index (χ2n) is 8.55. The number of piperidine rings is 1. The zero-order chi connectivity index (χ0) is 22.0. The first-order chi connectivity index (χ1) is 14.9. The van der Waals surface area contributed by atoms with Crippen molar-refractivity contribution < 1.29 is 4.79 Å². The minimum absolute atomic E-state index is 0.0549. The molecule has 2 saturated heterocycles. The van der Waals surface area contributed by atoms with Crippen LogP contribution in [-0.4, -0.2) is 55.0 Å². The van der Waals surface area contributed by atoms with E-state index in [1.54, 1.807) is 6.07 Å². The van der Waals surface area contributed by atoms with Gasteiger partial charge in [0.1, 0.15) is 0 Å². The van der Waals surface area contributed by atoms with Gasteiger partial charge < -0.3 is 9.80 Å². The van der Waals surface area contributed by atoms with E-state index in [-0.39, 0.29) is 11.8 Å². The number of aryl methyl sites for hydroxylation is 1. The molecule has 2 heterocycles. The van der Waals surface area contributed by atoms with Crippen molar-refractivity contribution >= 4 is 46.4 Å². The van der Waals surface area contributed by atoms with Gasteiger partial charge >= 0.3 is 0 Å². The third kappa shape index (κ3) is 5.48. The average molecular weight is 481 g/mol. The fourth-order valence-corrected chi connectivity index (χ4v) is 5.28. The molecule has 4 rings (SSSR count). The van der Waals surface area contributed by atoms with Crippen LogP contribution < -0.4 is 4.90 Å². The van der Waals surface area contributed by atoms with Gasteiger partial charge in [-0.15, -0.1) is 0 Å². The molecule has 7 heteroatoms. The summed E-state index contributed by atoms with van der Waals surface area (Å²) in [5.41, 5.74) is 3.45. The summed E-state index contributed by atoms with van der Waals surface area (Å²) < 4.78 is 0. The highest BCUT2D eigenvalue weighted by Gasteiger charge is 2.31. The number of benzene rings is 2. The Morgan fingerprint density at radius 3 is 2.42 bits per heavy atom. The van der Waals surface area contributed by atoms with E-state index in [0.29, 0.717) is 10.0 Å². The number of carbonyl (C=O) groups is 1. The first kappa shape index (κ1) is 22.7. The standard InChI is InChI=1S/C24H28Cl3N3O/c1-17-4-6-21(26)14-23(17)29-9-11-30(12-10-29)24(31)19-3-2-8-28(16-19)15-18-5-7-20(25)13-22(18)27/h4-7,13-14,19H,2-3,8-12,15-16H2,1H3. The van der Waals surface area contributed by atoms with Crippen molar-refractivity contribution in [3.8, 4) is 0 Å². The van der Waals surface area contributed by atoms with Crippen LogP contribution in [0.5, 0.6) is 0 Å². The summed E-state index contributed by atoms with van der Waals surface area (Å²) in [7, 11) is 0. The van der Waals surface area contributed by atoms with Gasteiger partial charge in [0.05, 0.1) is 5.92 Å². The number of likely N-dealkylation sites (tertiary alicyclic amines) is 1. The van der Waals surface area contributed by atoms with Gasteiger partial charge in [-0.25, -0.2) is 0 Å². The number of hydrogen-bond acceptors (Lipinski definition) is 3. The number of halogens is 3. The number of nitrogens with zero attached hydrogens (tertiary/aromatic N) is 3. The molecule has 1 atom stereocenters. The van der Waals surface area contributed by atoms with E-state index in [2.05, 4.69) is 22.8 Å². The van der Waals surface area contributed by atoms with Gasteiger partial charge in [-0.2, -0.15) is 0 Å². The molecule has 166 valence electrons. The number of rotatable bonds is 4. The van der Waals surface area contributed by atoms with Gasteiger partial charge in [0.15, 0.2) is 0 Å². The Kier molecular flexibility index (Phi) is 7.33. The first-order valence-electron chi connectivity index (χ1n) is 10.9. The average Bonchev–Trinajstić information content (AvgIpc) is 2.77. The minimum Gasteiger partial charge on any atom is -0.368 e. The minimum atomic E-state index is 0.0549. The molecule has 0 aliphatic carbocycles. The number of piperazine rings is 1. The Morgan fingerprint density at radius 1 is 0.968 bits per heavy atom. The smallest absolute Gasteiger partial charge is 0.227 e. The summed E-state index contributed by atoms with van der Waals surface area (Å²) in [6.07, 6.45) is 1.99. The molecule has 0 N–H and O–H groups in total.